The van der Waals surface area contributed by atoms with E-state index in [1.807, 2.05) is 13.8 Å². The zero-order valence-electron chi connectivity index (χ0n) is 12.6. The topological polar surface area (TPSA) is 42.7 Å². The molecule has 8 heteroatoms. The Kier molecular flexibility index (Phi) is 4.01. The van der Waals surface area contributed by atoms with Crippen molar-refractivity contribution in [1.29, 1.82) is 0 Å². The highest BCUT2D eigenvalue weighted by Crippen LogP contribution is 2.34. The Hall–Kier alpha value is -2.09. The number of alkyl halides is 3. The van der Waals surface area contributed by atoms with Gasteiger partial charge in [-0.25, -0.2) is 4.98 Å². The van der Waals surface area contributed by atoms with Crippen LogP contribution in [0, 0.1) is 5.92 Å². The van der Waals surface area contributed by atoms with Crippen LogP contribution in [0.1, 0.15) is 19.4 Å². The van der Waals surface area contributed by atoms with E-state index in [4.69, 9.17) is 0 Å². The zero-order chi connectivity index (χ0) is 16.6. The molecule has 3 aromatic rings. The van der Waals surface area contributed by atoms with Crippen LogP contribution in [0.5, 0.6) is 0 Å². The maximum atomic E-state index is 13.0. The zero-order valence-corrected chi connectivity index (χ0v) is 13.4. The highest BCUT2D eigenvalue weighted by Gasteiger charge is 2.31. The first-order chi connectivity index (χ1) is 10.8. The van der Waals surface area contributed by atoms with Crippen molar-refractivity contribution < 1.29 is 13.2 Å². The molecule has 0 saturated carbocycles. The first-order valence-corrected chi connectivity index (χ1v) is 7.97. The Morgan fingerprint density at radius 3 is 2.70 bits per heavy atom. The quantitative estimate of drug-likeness (QED) is 0.734. The monoisotopic (exact) mass is 340 g/mol. The van der Waals surface area contributed by atoms with Crippen LogP contribution in [0.25, 0.3) is 10.9 Å². The van der Waals surface area contributed by atoms with Crippen molar-refractivity contribution in [3.05, 3.63) is 35.3 Å². The first kappa shape index (κ1) is 15.8. The van der Waals surface area contributed by atoms with Gasteiger partial charge in [0.2, 0.25) is 0 Å². The summed E-state index contributed by atoms with van der Waals surface area (Å²) in [7, 11) is 0. The predicted molar refractivity (Wildman–Crippen MR) is 85.0 cm³/mol. The van der Waals surface area contributed by atoms with E-state index in [0.29, 0.717) is 34.3 Å². The van der Waals surface area contributed by atoms with Gasteiger partial charge in [0.25, 0.3) is 0 Å². The van der Waals surface area contributed by atoms with Crippen LogP contribution < -0.4 is 5.32 Å². The fourth-order valence-corrected chi connectivity index (χ4v) is 2.85. The van der Waals surface area contributed by atoms with Gasteiger partial charge in [0.1, 0.15) is 0 Å². The minimum atomic E-state index is -4.38. The number of aromatic nitrogens is 3. The number of hydrogen-bond acceptors (Lipinski definition) is 4. The van der Waals surface area contributed by atoms with Crippen LogP contribution in [0.2, 0.25) is 0 Å². The molecular weight excluding hydrogens is 325 g/mol. The number of benzene rings is 1. The number of halogens is 3. The summed E-state index contributed by atoms with van der Waals surface area (Å²) >= 11 is 1.37. The molecule has 2 aromatic heterocycles. The van der Waals surface area contributed by atoms with Crippen molar-refractivity contribution in [3.63, 3.8) is 0 Å². The van der Waals surface area contributed by atoms with E-state index in [1.165, 1.54) is 17.4 Å². The van der Waals surface area contributed by atoms with E-state index < -0.39 is 11.7 Å². The van der Waals surface area contributed by atoms with Gasteiger partial charge in [-0.1, -0.05) is 13.8 Å². The minimum absolute atomic E-state index is 0.327. The second-order valence-electron chi connectivity index (χ2n) is 5.62. The largest absolute Gasteiger partial charge is 0.416 e. The Labute approximate surface area is 135 Å². The lowest BCUT2D eigenvalue weighted by atomic mass is 10.1. The molecule has 0 aliphatic heterocycles. The molecule has 2 heterocycles. The smallest absolute Gasteiger partial charge is 0.314 e. The van der Waals surface area contributed by atoms with E-state index >= 15 is 0 Å². The van der Waals surface area contributed by atoms with Gasteiger partial charge >= 0.3 is 6.18 Å². The third-order valence-corrected chi connectivity index (χ3v) is 3.96. The van der Waals surface area contributed by atoms with Gasteiger partial charge < -0.3 is 5.32 Å². The van der Waals surface area contributed by atoms with Gasteiger partial charge in [0.05, 0.1) is 11.1 Å². The van der Waals surface area contributed by atoms with Crippen molar-refractivity contribution >= 4 is 33.2 Å². The lowest BCUT2D eigenvalue weighted by molar-refractivity contribution is -0.137. The SMILES string of the molecule is CC(C)Cn1nc(Nc2nccs2)c2cc(C(F)(F)F)ccc21. The van der Waals surface area contributed by atoms with E-state index in [-0.39, 0.29) is 0 Å². The Morgan fingerprint density at radius 1 is 1.30 bits per heavy atom. The van der Waals surface area contributed by atoms with Gasteiger partial charge in [0.15, 0.2) is 10.9 Å². The molecule has 23 heavy (non-hydrogen) atoms. The molecule has 1 N–H and O–H groups in total. The Balaban J connectivity index is 2.11. The number of fused-ring (bicyclic) bond motifs is 1. The van der Waals surface area contributed by atoms with Crippen LogP contribution in [-0.4, -0.2) is 14.8 Å². The van der Waals surface area contributed by atoms with Gasteiger partial charge in [-0.2, -0.15) is 18.3 Å². The van der Waals surface area contributed by atoms with E-state index in [1.54, 1.807) is 16.3 Å². The second-order valence-corrected chi connectivity index (χ2v) is 6.51. The normalized spacial score (nSPS) is 12.3. The molecule has 0 spiro atoms. The molecule has 3 rings (SSSR count). The van der Waals surface area contributed by atoms with Crippen LogP contribution in [0.15, 0.2) is 29.8 Å². The molecule has 0 fully saturated rings. The molecular formula is C15H15F3N4S. The summed E-state index contributed by atoms with van der Waals surface area (Å²) in [6, 6.07) is 3.70. The van der Waals surface area contributed by atoms with Crippen LogP contribution >= 0.6 is 11.3 Å². The fraction of sp³-hybridized carbons (Fsp3) is 0.333. The number of anilines is 2. The second kappa shape index (κ2) is 5.84. The molecule has 122 valence electrons. The maximum absolute atomic E-state index is 13.0. The summed E-state index contributed by atoms with van der Waals surface area (Å²) in [5, 5.41) is 10.3. The molecule has 0 bridgehead atoms. The number of nitrogens with zero attached hydrogens (tertiary/aromatic N) is 3. The summed E-state index contributed by atoms with van der Waals surface area (Å²) in [5.41, 5.74) is -0.0120. The van der Waals surface area contributed by atoms with Crippen molar-refractivity contribution in [1.82, 2.24) is 14.8 Å². The average Bonchev–Trinajstić information content (AvgIpc) is 3.07. The van der Waals surface area contributed by atoms with Gasteiger partial charge in [-0.15, -0.1) is 11.3 Å². The standard InChI is InChI=1S/C15H15F3N4S/c1-9(2)8-22-12-4-3-10(15(16,17)18)7-11(12)13(21-22)20-14-19-5-6-23-14/h3-7,9H,8H2,1-2H3,(H,19,20,21). The Morgan fingerprint density at radius 2 is 2.09 bits per heavy atom. The molecule has 0 atom stereocenters. The van der Waals surface area contributed by atoms with E-state index in [2.05, 4.69) is 15.4 Å². The fourth-order valence-electron chi connectivity index (χ4n) is 2.32. The summed E-state index contributed by atoms with van der Waals surface area (Å²) < 4.78 is 40.7. The summed E-state index contributed by atoms with van der Waals surface area (Å²) in [6.07, 6.45) is -2.76. The maximum Gasteiger partial charge on any atom is 0.416 e. The molecule has 0 aliphatic rings. The lowest BCUT2D eigenvalue weighted by Gasteiger charge is -2.08. The highest BCUT2D eigenvalue weighted by molar-refractivity contribution is 7.13. The third kappa shape index (κ3) is 3.31. The van der Waals surface area contributed by atoms with Gasteiger partial charge in [-0.05, 0) is 24.1 Å². The number of nitrogens with one attached hydrogen (secondary N) is 1. The van der Waals surface area contributed by atoms with Crippen LogP contribution in [-0.2, 0) is 12.7 Å². The number of hydrogen-bond donors (Lipinski definition) is 1. The highest BCUT2D eigenvalue weighted by atomic mass is 32.1. The average molecular weight is 340 g/mol. The third-order valence-electron chi connectivity index (χ3n) is 3.27. The van der Waals surface area contributed by atoms with Crippen molar-refractivity contribution in [2.45, 2.75) is 26.6 Å². The molecule has 0 saturated heterocycles. The van der Waals surface area contributed by atoms with Crippen LogP contribution in [0.4, 0.5) is 24.1 Å². The predicted octanol–water partition coefficient (Wildman–Crippen LogP) is 4.91. The molecule has 0 amide bonds. The first-order valence-electron chi connectivity index (χ1n) is 7.09. The number of rotatable bonds is 4. The molecule has 0 radical (unpaired) electrons. The molecule has 4 nitrogen and oxygen atoms in total. The Bertz CT molecular complexity index is 806. The van der Waals surface area contributed by atoms with Crippen molar-refractivity contribution in [2.75, 3.05) is 5.32 Å². The van der Waals surface area contributed by atoms with E-state index in [9.17, 15) is 13.2 Å². The molecule has 0 aliphatic carbocycles. The molecule has 0 unspecified atom stereocenters. The minimum Gasteiger partial charge on any atom is -0.314 e. The number of thiazole rings is 1. The summed E-state index contributed by atoms with van der Waals surface area (Å²) in [6.45, 7) is 4.69. The summed E-state index contributed by atoms with van der Waals surface area (Å²) in [5.74, 6) is 0.717. The molecule has 1 aromatic carbocycles. The van der Waals surface area contributed by atoms with Gasteiger partial charge in [-0.3, -0.25) is 4.68 Å². The summed E-state index contributed by atoms with van der Waals surface area (Å²) in [4.78, 5) is 4.10. The van der Waals surface area contributed by atoms with Crippen molar-refractivity contribution in [3.8, 4) is 0 Å². The van der Waals surface area contributed by atoms with Crippen LogP contribution in [0.3, 0.4) is 0 Å². The van der Waals surface area contributed by atoms with Gasteiger partial charge in [0, 0.05) is 23.5 Å². The van der Waals surface area contributed by atoms with Crippen molar-refractivity contribution in [2.24, 2.45) is 5.92 Å². The lowest BCUT2D eigenvalue weighted by Crippen LogP contribution is -2.07. The van der Waals surface area contributed by atoms with E-state index in [0.717, 1.165) is 12.1 Å².